The summed E-state index contributed by atoms with van der Waals surface area (Å²) in [6.07, 6.45) is 10.7. The topological polar surface area (TPSA) is 101 Å². The third-order valence-electron chi connectivity index (χ3n) is 6.47. The minimum Gasteiger partial charge on any atom is -0.372 e. The molecule has 0 radical (unpaired) electrons. The highest BCUT2D eigenvalue weighted by Crippen LogP contribution is 2.30. The van der Waals surface area contributed by atoms with E-state index in [1.807, 2.05) is 18.2 Å². The molecule has 1 aliphatic heterocycles. The van der Waals surface area contributed by atoms with Crippen LogP contribution in [0.1, 0.15) is 16.8 Å². The first-order valence-corrected chi connectivity index (χ1v) is 11.4. The van der Waals surface area contributed by atoms with Crippen LogP contribution in [0, 0.1) is 10.1 Å². The number of hydrogen-bond acceptors (Lipinski definition) is 7. The van der Waals surface area contributed by atoms with Gasteiger partial charge in [-0.05, 0) is 30.7 Å². The molecule has 4 rings (SSSR count). The van der Waals surface area contributed by atoms with E-state index in [9.17, 15) is 14.9 Å². The Morgan fingerprint density at radius 2 is 2.12 bits per heavy atom. The average Bonchev–Trinajstić information content (AvgIpc) is 2.90. The summed E-state index contributed by atoms with van der Waals surface area (Å²) in [4.78, 5) is 32.4. The lowest BCUT2D eigenvalue weighted by Crippen LogP contribution is -2.63. The zero-order valence-corrected chi connectivity index (χ0v) is 19.2. The lowest BCUT2D eigenvalue weighted by molar-refractivity contribution is -0.384. The first kappa shape index (κ1) is 23.7. The molecule has 2 aromatic rings. The number of benzene rings is 1. The molecule has 2 atom stereocenters. The lowest BCUT2D eigenvalue weighted by atomic mass is 9.85. The van der Waals surface area contributed by atoms with E-state index in [0.717, 1.165) is 26.1 Å². The number of carbonyl (C=O) groups excluding carboxylic acids is 1. The van der Waals surface area contributed by atoms with Gasteiger partial charge >= 0.3 is 0 Å². The number of amides is 1. The van der Waals surface area contributed by atoms with Gasteiger partial charge in [-0.2, -0.15) is 0 Å². The van der Waals surface area contributed by atoms with Crippen LogP contribution in [0.5, 0.6) is 0 Å². The molecule has 0 bridgehead atoms. The third-order valence-corrected chi connectivity index (χ3v) is 6.47. The van der Waals surface area contributed by atoms with E-state index >= 15 is 0 Å². The zero-order chi connectivity index (χ0) is 24.0. The second kappa shape index (κ2) is 10.7. The first-order valence-electron chi connectivity index (χ1n) is 11.4. The SMILES string of the molecule is COC1(C2CNCCN2CCN(C(=O)c2ccc([N+](=O)[O-])cc2)c2ccccn2)C=CC=CC1. The van der Waals surface area contributed by atoms with Gasteiger partial charge in [0.05, 0.1) is 11.0 Å². The molecule has 34 heavy (non-hydrogen) atoms. The number of nitro groups is 1. The van der Waals surface area contributed by atoms with Crippen molar-refractivity contribution in [1.82, 2.24) is 15.2 Å². The van der Waals surface area contributed by atoms with E-state index in [2.05, 4.69) is 27.4 Å². The number of nitrogens with one attached hydrogen (secondary N) is 1. The number of carbonyl (C=O) groups is 1. The predicted octanol–water partition coefficient (Wildman–Crippen LogP) is 2.81. The molecule has 2 unspecified atom stereocenters. The van der Waals surface area contributed by atoms with Gasteiger partial charge in [-0.1, -0.05) is 30.4 Å². The maximum Gasteiger partial charge on any atom is 0.269 e. The van der Waals surface area contributed by atoms with Crippen LogP contribution in [0.3, 0.4) is 0 Å². The average molecular weight is 464 g/mol. The molecule has 9 nitrogen and oxygen atoms in total. The van der Waals surface area contributed by atoms with Gasteiger partial charge < -0.3 is 10.1 Å². The molecule has 1 amide bonds. The molecule has 2 aliphatic rings. The number of ether oxygens (including phenoxy) is 1. The number of aromatic nitrogens is 1. The number of anilines is 1. The highest BCUT2D eigenvalue weighted by molar-refractivity contribution is 6.05. The fourth-order valence-corrected chi connectivity index (χ4v) is 4.59. The quantitative estimate of drug-likeness (QED) is 0.475. The lowest BCUT2D eigenvalue weighted by Gasteiger charge is -2.47. The van der Waals surface area contributed by atoms with Gasteiger partial charge in [0.1, 0.15) is 11.4 Å². The Labute approximate surface area is 198 Å². The number of piperazine rings is 1. The fraction of sp³-hybridized carbons (Fsp3) is 0.360. The monoisotopic (exact) mass is 463 g/mol. The van der Waals surface area contributed by atoms with Crippen molar-refractivity contribution in [1.29, 1.82) is 0 Å². The molecule has 0 saturated carbocycles. The number of nitrogens with zero attached hydrogens (tertiary/aromatic N) is 4. The van der Waals surface area contributed by atoms with Crippen LogP contribution in [0.25, 0.3) is 0 Å². The summed E-state index contributed by atoms with van der Waals surface area (Å²) in [7, 11) is 1.74. The third kappa shape index (κ3) is 5.06. The molecular weight excluding hydrogens is 434 g/mol. The number of nitro benzene ring substituents is 1. The van der Waals surface area contributed by atoms with E-state index in [4.69, 9.17) is 4.74 Å². The number of hydrogen-bond donors (Lipinski definition) is 1. The van der Waals surface area contributed by atoms with Crippen molar-refractivity contribution in [3.8, 4) is 0 Å². The van der Waals surface area contributed by atoms with Crippen molar-refractivity contribution in [2.45, 2.75) is 18.1 Å². The number of pyridine rings is 1. The Morgan fingerprint density at radius 1 is 1.29 bits per heavy atom. The second-order valence-electron chi connectivity index (χ2n) is 8.36. The summed E-state index contributed by atoms with van der Waals surface area (Å²) in [6, 6.07) is 11.2. The van der Waals surface area contributed by atoms with E-state index < -0.39 is 10.5 Å². The molecule has 9 heteroatoms. The van der Waals surface area contributed by atoms with Gasteiger partial charge in [0.2, 0.25) is 0 Å². The van der Waals surface area contributed by atoms with Crippen LogP contribution >= 0.6 is 0 Å². The van der Waals surface area contributed by atoms with Crippen molar-refractivity contribution >= 4 is 17.4 Å². The fourth-order valence-electron chi connectivity index (χ4n) is 4.59. The molecule has 0 spiro atoms. The summed E-state index contributed by atoms with van der Waals surface area (Å²) in [5, 5.41) is 14.5. The van der Waals surface area contributed by atoms with Crippen molar-refractivity contribution in [3.63, 3.8) is 0 Å². The minimum atomic E-state index is -0.476. The minimum absolute atomic E-state index is 0.0518. The zero-order valence-electron chi connectivity index (χ0n) is 19.2. The van der Waals surface area contributed by atoms with E-state index in [0.29, 0.717) is 24.5 Å². The first-order chi connectivity index (χ1) is 16.5. The Morgan fingerprint density at radius 3 is 2.76 bits per heavy atom. The molecule has 1 saturated heterocycles. The smallest absolute Gasteiger partial charge is 0.269 e. The van der Waals surface area contributed by atoms with E-state index in [1.54, 1.807) is 30.3 Å². The van der Waals surface area contributed by atoms with Crippen molar-refractivity contribution in [2.24, 2.45) is 0 Å². The normalized spacial score (nSPS) is 22.4. The molecule has 178 valence electrons. The molecular formula is C25H29N5O4. The number of non-ortho nitro benzene ring substituents is 1. The predicted molar refractivity (Wildman–Crippen MR) is 130 cm³/mol. The van der Waals surface area contributed by atoms with Crippen molar-refractivity contribution < 1.29 is 14.5 Å². The molecule has 1 aromatic heterocycles. The second-order valence-corrected chi connectivity index (χ2v) is 8.36. The number of rotatable bonds is 8. The Hall–Kier alpha value is -3.40. The summed E-state index contributed by atoms with van der Waals surface area (Å²) in [5.41, 5.74) is -0.105. The van der Waals surface area contributed by atoms with Crippen molar-refractivity contribution in [3.05, 3.63) is 88.6 Å². The summed E-state index contributed by atoms with van der Waals surface area (Å²) >= 11 is 0. The van der Waals surface area contributed by atoms with Gasteiger partial charge in [0.25, 0.3) is 11.6 Å². The maximum absolute atomic E-state index is 13.4. The Kier molecular flexibility index (Phi) is 7.46. The van der Waals surface area contributed by atoms with Crippen LogP contribution in [-0.2, 0) is 4.74 Å². The molecule has 1 fully saturated rings. The van der Waals surface area contributed by atoms with Gasteiger partial charge in [-0.25, -0.2) is 4.98 Å². The molecule has 1 aromatic carbocycles. The highest BCUT2D eigenvalue weighted by atomic mass is 16.6. The van der Waals surface area contributed by atoms with Crippen LogP contribution in [0.15, 0.2) is 73.0 Å². The summed E-state index contributed by atoms with van der Waals surface area (Å²) in [5.74, 6) is 0.293. The van der Waals surface area contributed by atoms with E-state index in [-0.39, 0.29) is 17.6 Å². The van der Waals surface area contributed by atoms with Crippen LogP contribution < -0.4 is 10.2 Å². The molecule has 2 heterocycles. The highest BCUT2D eigenvalue weighted by Gasteiger charge is 2.41. The molecule has 1 aliphatic carbocycles. The number of methoxy groups -OCH3 is 1. The summed E-state index contributed by atoms with van der Waals surface area (Å²) < 4.78 is 6.02. The Bertz CT molecular complexity index is 1060. The molecule has 1 N–H and O–H groups in total. The van der Waals surface area contributed by atoms with Gasteiger partial charge in [0, 0.05) is 63.7 Å². The van der Waals surface area contributed by atoms with Crippen LogP contribution in [0.2, 0.25) is 0 Å². The van der Waals surface area contributed by atoms with Crippen LogP contribution in [0.4, 0.5) is 11.5 Å². The maximum atomic E-state index is 13.4. The van der Waals surface area contributed by atoms with Crippen molar-refractivity contribution in [2.75, 3.05) is 44.7 Å². The largest absolute Gasteiger partial charge is 0.372 e. The summed E-state index contributed by atoms with van der Waals surface area (Å²) in [6.45, 7) is 3.52. The van der Waals surface area contributed by atoms with Gasteiger partial charge in [0.15, 0.2) is 0 Å². The van der Waals surface area contributed by atoms with Crippen LogP contribution in [-0.4, -0.2) is 72.2 Å². The Balaban J connectivity index is 1.55. The van der Waals surface area contributed by atoms with E-state index in [1.165, 1.54) is 24.3 Å². The van der Waals surface area contributed by atoms with Gasteiger partial charge in [-0.15, -0.1) is 0 Å². The number of allylic oxidation sites excluding steroid dienone is 2. The van der Waals surface area contributed by atoms with Gasteiger partial charge in [-0.3, -0.25) is 24.7 Å². The standard InChI is InChI=1S/C25H29N5O4/c1-34-25(12-4-2-5-13-25)22-19-26-15-16-28(22)17-18-29(23-7-3-6-14-27-23)24(31)20-8-10-21(11-9-20)30(32)33/h2-12,14,22,26H,13,15-19H2,1H3.